The summed E-state index contributed by atoms with van der Waals surface area (Å²) in [6.07, 6.45) is 3.21. The minimum atomic E-state index is -3.65. The molecular formula is C19H25N5O4S. The summed E-state index contributed by atoms with van der Waals surface area (Å²) >= 11 is 0. The molecule has 0 saturated carbocycles. The molecule has 2 aromatic rings. The highest BCUT2D eigenvalue weighted by molar-refractivity contribution is 7.87. The number of hydrogen-bond donors (Lipinski definition) is 2. The Balaban J connectivity index is 1.64. The van der Waals surface area contributed by atoms with Crippen LogP contribution in [0.4, 0.5) is 5.82 Å². The maximum Gasteiger partial charge on any atom is 0.338 e. The van der Waals surface area contributed by atoms with E-state index in [4.69, 9.17) is 9.88 Å². The van der Waals surface area contributed by atoms with Crippen molar-refractivity contribution in [1.82, 2.24) is 14.7 Å². The lowest BCUT2D eigenvalue weighted by Gasteiger charge is -2.32. The number of anilines is 1. The standard InChI is InChI=1S/C19H25N5O4S/c1-2-28-19(25)16-5-3-15(4-6-16)17-11-18(22-13-21-17)24-9-7-14(8-10-24)12-23-29(20,26)27/h3-6,11,13-14,23H,2,7-10,12H2,1H3,(H2,20,26,27). The predicted octanol–water partition coefficient (Wildman–Crippen LogP) is 1.33. The van der Waals surface area contributed by atoms with E-state index in [2.05, 4.69) is 19.6 Å². The molecule has 2 heterocycles. The van der Waals surface area contributed by atoms with Crippen LogP contribution in [0.25, 0.3) is 11.3 Å². The number of carbonyl (C=O) groups is 1. The molecular weight excluding hydrogens is 394 g/mol. The lowest BCUT2D eigenvalue weighted by atomic mass is 9.97. The molecule has 0 radical (unpaired) electrons. The van der Waals surface area contributed by atoms with Gasteiger partial charge in [0.2, 0.25) is 0 Å². The molecule has 29 heavy (non-hydrogen) atoms. The van der Waals surface area contributed by atoms with Crippen LogP contribution in [0.1, 0.15) is 30.1 Å². The van der Waals surface area contributed by atoms with E-state index in [0.29, 0.717) is 18.7 Å². The molecule has 1 aliphatic rings. The van der Waals surface area contributed by atoms with E-state index >= 15 is 0 Å². The summed E-state index contributed by atoms with van der Waals surface area (Å²) in [6, 6.07) is 9.04. The summed E-state index contributed by atoms with van der Waals surface area (Å²) in [6.45, 7) is 4.01. The average molecular weight is 420 g/mol. The first-order valence-electron chi connectivity index (χ1n) is 9.47. The topological polar surface area (TPSA) is 128 Å². The molecule has 1 aromatic heterocycles. The quantitative estimate of drug-likeness (QED) is 0.648. The zero-order valence-electron chi connectivity index (χ0n) is 16.2. The van der Waals surface area contributed by atoms with Gasteiger partial charge in [-0.2, -0.15) is 8.42 Å². The van der Waals surface area contributed by atoms with E-state index in [1.54, 1.807) is 19.1 Å². The second kappa shape index (κ2) is 9.29. The summed E-state index contributed by atoms with van der Waals surface area (Å²) in [7, 11) is -3.65. The number of nitrogens with zero attached hydrogens (tertiary/aromatic N) is 3. The lowest BCUT2D eigenvalue weighted by molar-refractivity contribution is 0.0526. The summed E-state index contributed by atoms with van der Waals surface area (Å²) in [5.74, 6) is 0.728. The number of benzene rings is 1. The Labute approximate surface area is 170 Å². The molecule has 156 valence electrons. The van der Waals surface area contributed by atoms with Crippen LogP contribution >= 0.6 is 0 Å². The minimum absolute atomic E-state index is 0.251. The molecule has 0 atom stereocenters. The van der Waals surface area contributed by atoms with Crippen LogP contribution in [0.2, 0.25) is 0 Å². The molecule has 1 saturated heterocycles. The van der Waals surface area contributed by atoms with Gasteiger partial charge in [0.05, 0.1) is 17.9 Å². The van der Waals surface area contributed by atoms with E-state index in [1.165, 1.54) is 6.33 Å². The minimum Gasteiger partial charge on any atom is -0.462 e. The van der Waals surface area contributed by atoms with Crippen LogP contribution in [0.15, 0.2) is 36.7 Å². The summed E-state index contributed by atoms with van der Waals surface area (Å²) in [4.78, 5) is 22.7. The molecule has 1 fully saturated rings. The largest absolute Gasteiger partial charge is 0.462 e. The van der Waals surface area contributed by atoms with Gasteiger partial charge < -0.3 is 9.64 Å². The average Bonchev–Trinajstić information content (AvgIpc) is 2.72. The molecule has 0 amide bonds. The number of esters is 1. The summed E-state index contributed by atoms with van der Waals surface area (Å²) in [5.41, 5.74) is 2.15. The zero-order chi connectivity index (χ0) is 20.9. The van der Waals surface area contributed by atoms with Gasteiger partial charge in [-0.3, -0.25) is 0 Å². The first-order valence-corrected chi connectivity index (χ1v) is 11.0. The van der Waals surface area contributed by atoms with Gasteiger partial charge in [-0.15, -0.1) is 0 Å². The van der Waals surface area contributed by atoms with Crippen molar-refractivity contribution in [3.8, 4) is 11.3 Å². The smallest absolute Gasteiger partial charge is 0.338 e. The molecule has 9 nitrogen and oxygen atoms in total. The molecule has 3 N–H and O–H groups in total. The number of nitrogens with one attached hydrogen (secondary N) is 1. The lowest BCUT2D eigenvalue weighted by Crippen LogP contribution is -2.40. The van der Waals surface area contributed by atoms with Crippen LogP contribution in [-0.4, -0.2) is 50.6 Å². The SMILES string of the molecule is CCOC(=O)c1ccc(-c2cc(N3CCC(CNS(N)(=O)=O)CC3)ncn2)cc1. The normalized spacial score (nSPS) is 15.3. The van der Waals surface area contributed by atoms with Gasteiger partial charge >= 0.3 is 5.97 Å². The molecule has 1 aliphatic heterocycles. The molecule has 0 spiro atoms. The van der Waals surface area contributed by atoms with Gasteiger partial charge in [-0.05, 0) is 37.8 Å². The highest BCUT2D eigenvalue weighted by Crippen LogP contribution is 2.25. The van der Waals surface area contributed by atoms with Crippen molar-refractivity contribution in [3.05, 3.63) is 42.2 Å². The highest BCUT2D eigenvalue weighted by Gasteiger charge is 2.21. The van der Waals surface area contributed by atoms with Crippen LogP contribution in [0.5, 0.6) is 0 Å². The van der Waals surface area contributed by atoms with Gasteiger partial charge in [0, 0.05) is 31.3 Å². The second-order valence-electron chi connectivity index (χ2n) is 6.88. The third-order valence-corrected chi connectivity index (χ3v) is 5.43. The summed E-state index contributed by atoms with van der Waals surface area (Å²) < 4.78 is 29.4. The zero-order valence-corrected chi connectivity index (χ0v) is 17.1. The van der Waals surface area contributed by atoms with E-state index in [0.717, 1.165) is 43.0 Å². The first-order chi connectivity index (χ1) is 13.9. The van der Waals surface area contributed by atoms with Gasteiger partial charge in [-0.1, -0.05) is 12.1 Å². The van der Waals surface area contributed by atoms with E-state index in [-0.39, 0.29) is 11.9 Å². The fourth-order valence-electron chi connectivity index (χ4n) is 3.27. The second-order valence-corrected chi connectivity index (χ2v) is 8.26. The molecule has 0 unspecified atom stereocenters. The molecule has 3 rings (SSSR count). The number of hydrogen-bond acceptors (Lipinski definition) is 7. The Kier molecular flexibility index (Phi) is 6.78. The Bertz CT molecular complexity index is 941. The van der Waals surface area contributed by atoms with Crippen LogP contribution in [0, 0.1) is 5.92 Å². The van der Waals surface area contributed by atoms with Gasteiger partial charge in [-0.25, -0.2) is 24.6 Å². The van der Waals surface area contributed by atoms with Crippen LogP contribution in [0.3, 0.4) is 0 Å². The number of rotatable bonds is 7. The van der Waals surface area contributed by atoms with E-state index < -0.39 is 10.2 Å². The Morgan fingerprint density at radius 2 is 1.93 bits per heavy atom. The first kappa shape index (κ1) is 21.2. The fraction of sp³-hybridized carbons (Fsp3) is 0.421. The third-order valence-electron chi connectivity index (χ3n) is 4.86. The third kappa shape index (κ3) is 5.96. The number of aromatic nitrogens is 2. The number of piperidine rings is 1. The van der Waals surface area contributed by atoms with Crippen molar-refractivity contribution in [2.75, 3.05) is 31.1 Å². The maximum atomic E-state index is 11.8. The van der Waals surface area contributed by atoms with Gasteiger partial charge in [0.15, 0.2) is 0 Å². The molecule has 0 bridgehead atoms. The van der Waals surface area contributed by atoms with Gasteiger partial charge in [0.1, 0.15) is 12.1 Å². The van der Waals surface area contributed by atoms with Crippen molar-refractivity contribution in [2.45, 2.75) is 19.8 Å². The molecule has 10 heteroatoms. The Morgan fingerprint density at radius 3 is 2.55 bits per heavy atom. The van der Waals surface area contributed by atoms with Crippen LogP contribution < -0.4 is 14.8 Å². The van der Waals surface area contributed by atoms with Crippen molar-refractivity contribution in [1.29, 1.82) is 0 Å². The molecule has 1 aromatic carbocycles. The van der Waals surface area contributed by atoms with Crippen molar-refractivity contribution < 1.29 is 17.9 Å². The van der Waals surface area contributed by atoms with Gasteiger partial charge in [0.25, 0.3) is 10.2 Å². The monoisotopic (exact) mass is 419 g/mol. The highest BCUT2D eigenvalue weighted by atomic mass is 32.2. The fourth-order valence-corrected chi connectivity index (χ4v) is 3.74. The molecule has 0 aliphatic carbocycles. The maximum absolute atomic E-state index is 11.8. The van der Waals surface area contributed by atoms with E-state index in [9.17, 15) is 13.2 Å². The van der Waals surface area contributed by atoms with Crippen molar-refractivity contribution in [3.63, 3.8) is 0 Å². The number of ether oxygens (including phenoxy) is 1. The number of carbonyl (C=O) groups excluding carboxylic acids is 1. The van der Waals surface area contributed by atoms with Crippen LogP contribution in [-0.2, 0) is 14.9 Å². The summed E-state index contributed by atoms with van der Waals surface area (Å²) in [5, 5.41) is 4.99. The Hall–Kier alpha value is -2.56. The predicted molar refractivity (Wildman–Crippen MR) is 109 cm³/mol. The van der Waals surface area contributed by atoms with E-state index in [1.807, 2.05) is 18.2 Å². The van der Waals surface area contributed by atoms with Crippen molar-refractivity contribution >= 4 is 22.0 Å². The Morgan fingerprint density at radius 1 is 1.24 bits per heavy atom. The number of nitrogens with two attached hydrogens (primary N) is 1. The van der Waals surface area contributed by atoms with Crippen molar-refractivity contribution in [2.24, 2.45) is 11.1 Å².